The summed E-state index contributed by atoms with van der Waals surface area (Å²) >= 11 is -2.06. The Labute approximate surface area is 330 Å². The fourth-order valence-electron chi connectivity index (χ4n) is 6.99. The number of carbonyl (C=O) groups excluding carboxylic acids is 1. The van der Waals surface area contributed by atoms with Gasteiger partial charge in [0, 0.05) is 0 Å². The van der Waals surface area contributed by atoms with Crippen LogP contribution in [-0.2, 0) is 14.2 Å². The van der Waals surface area contributed by atoms with Gasteiger partial charge in [-0.3, -0.25) is 0 Å². The fourth-order valence-corrected chi connectivity index (χ4v) is 12.2. The fraction of sp³-hybridized carbons (Fsp3) is 0.561. The van der Waals surface area contributed by atoms with Gasteiger partial charge in [-0.1, -0.05) is 0 Å². The summed E-state index contributed by atoms with van der Waals surface area (Å²) in [5.74, 6) is 0.128. The van der Waals surface area contributed by atoms with Crippen molar-refractivity contribution < 1.29 is 25.9 Å². The van der Waals surface area contributed by atoms with E-state index < -0.39 is 54.5 Å². The maximum absolute atomic E-state index is 13.4. The van der Waals surface area contributed by atoms with Crippen LogP contribution in [0.25, 0.3) is 28.0 Å². The summed E-state index contributed by atoms with van der Waals surface area (Å²) in [6.45, 7) is 21.4. The Kier molecular flexibility index (Phi) is 10.4. The number of carbonyl (C=O) groups is 1. The van der Waals surface area contributed by atoms with E-state index in [4.69, 9.17) is 31.1 Å². The maximum atomic E-state index is 13.4. The van der Waals surface area contributed by atoms with Crippen LogP contribution < -0.4 is 4.48 Å². The van der Waals surface area contributed by atoms with Crippen LogP contribution in [0, 0.1) is 0 Å². The van der Waals surface area contributed by atoms with Gasteiger partial charge in [0.05, 0.1) is 1.37 Å². The number of nitrogens with zero attached hydrogens (tertiary/aromatic N) is 5. The molecule has 53 heavy (non-hydrogen) atoms. The SMILES string of the molecule is [2H]c1c([2H])c([2H])c(-c2ccc(-c3cnn4c([As](COCC[Si](C)(C)C)COCC[Si](C)(C)C)cc(C5CC6CCC(C5)N6C(=O)OC(C)(C)C)nc34)cn2)c([2H])c1[2H]. The normalized spacial score (nSPS) is 20.7. The number of aromatic nitrogens is 4. The molecule has 0 aliphatic carbocycles. The Balaban J connectivity index is 1.40. The number of pyridine rings is 1. The zero-order valence-corrected chi connectivity index (χ0v) is 36.9. The van der Waals surface area contributed by atoms with Crippen LogP contribution in [0.3, 0.4) is 0 Å². The van der Waals surface area contributed by atoms with E-state index in [9.17, 15) is 4.79 Å². The molecule has 2 aliphatic heterocycles. The number of hydrogen-bond acceptors (Lipinski definition) is 7. The molecule has 3 aromatic heterocycles. The van der Waals surface area contributed by atoms with E-state index in [0.717, 1.165) is 72.3 Å². The van der Waals surface area contributed by atoms with E-state index in [1.165, 1.54) is 0 Å². The summed E-state index contributed by atoms with van der Waals surface area (Å²) in [7, 11) is -2.60. The predicted octanol–water partition coefficient (Wildman–Crippen LogP) is 8.59. The molecule has 2 fully saturated rings. The Morgan fingerprint density at radius 2 is 1.53 bits per heavy atom. The molecular weight excluding hydrogens is 758 g/mol. The van der Waals surface area contributed by atoms with Crippen LogP contribution >= 0.6 is 0 Å². The predicted molar refractivity (Wildman–Crippen MR) is 222 cm³/mol. The van der Waals surface area contributed by atoms with E-state index in [1.807, 2.05) is 42.4 Å². The van der Waals surface area contributed by atoms with Crippen molar-refractivity contribution in [2.75, 3.05) is 24.0 Å². The first kappa shape index (κ1) is 33.5. The third-order valence-corrected chi connectivity index (χ3v) is 17.4. The van der Waals surface area contributed by atoms with E-state index in [-0.39, 0.29) is 47.4 Å². The molecule has 286 valence electrons. The van der Waals surface area contributed by atoms with Crippen molar-refractivity contribution in [1.29, 1.82) is 0 Å². The van der Waals surface area contributed by atoms with E-state index in [2.05, 4.69) is 50.3 Å². The van der Waals surface area contributed by atoms with Crippen LogP contribution in [0.4, 0.5) is 4.79 Å². The van der Waals surface area contributed by atoms with Gasteiger partial charge in [0.2, 0.25) is 0 Å². The molecule has 12 heteroatoms. The van der Waals surface area contributed by atoms with Gasteiger partial charge in [-0.05, 0) is 0 Å². The third kappa shape index (κ3) is 10.5. The molecule has 2 atom stereocenters. The minimum absolute atomic E-state index is 0.0601. The second-order valence-corrected chi connectivity index (χ2v) is 33.5. The Morgan fingerprint density at radius 3 is 2.08 bits per heavy atom. The zero-order valence-electron chi connectivity index (χ0n) is 38.0. The van der Waals surface area contributed by atoms with Crippen LogP contribution in [0.1, 0.15) is 64.9 Å². The molecule has 0 saturated carbocycles. The molecule has 0 N–H and O–H groups in total. The van der Waals surface area contributed by atoms with Crippen LogP contribution in [0.2, 0.25) is 51.4 Å². The van der Waals surface area contributed by atoms with Gasteiger partial charge in [-0.25, -0.2) is 0 Å². The van der Waals surface area contributed by atoms with Gasteiger partial charge in [0.25, 0.3) is 0 Å². The van der Waals surface area contributed by atoms with Crippen molar-refractivity contribution in [2.45, 2.75) is 121 Å². The van der Waals surface area contributed by atoms with Gasteiger partial charge in [0.15, 0.2) is 0 Å². The molecule has 2 aliphatic rings. The first-order valence-corrected chi connectivity index (χ1v) is 30.0. The first-order valence-electron chi connectivity index (χ1n) is 21.5. The topological polar surface area (TPSA) is 91.1 Å². The van der Waals surface area contributed by atoms with E-state index >= 15 is 0 Å². The second kappa shape index (κ2) is 16.5. The molecule has 1 aromatic carbocycles. The number of piperidine rings is 1. The average molecular weight is 823 g/mol. The molecule has 1 amide bonds. The molecule has 9 nitrogen and oxygen atoms in total. The summed E-state index contributed by atoms with van der Waals surface area (Å²) in [6.07, 6.45) is 6.70. The molecule has 0 radical (unpaired) electrons. The first-order chi connectivity index (χ1) is 27.1. The van der Waals surface area contributed by atoms with Gasteiger partial charge < -0.3 is 0 Å². The van der Waals surface area contributed by atoms with Crippen molar-refractivity contribution in [3.8, 4) is 22.4 Å². The van der Waals surface area contributed by atoms with Crippen molar-refractivity contribution in [2.24, 2.45) is 0 Å². The number of amides is 1. The van der Waals surface area contributed by atoms with Gasteiger partial charge in [-0.15, -0.1) is 0 Å². The number of hydrogen-bond donors (Lipinski definition) is 0. The van der Waals surface area contributed by atoms with Crippen LogP contribution in [-0.4, -0.2) is 103 Å². The Bertz CT molecular complexity index is 2060. The molecular formula is C41H60AsN5O4Si2. The molecule has 2 unspecified atom stereocenters. The molecule has 4 aromatic rings. The van der Waals surface area contributed by atoms with Crippen molar-refractivity contribution >= 4 is 47.0 Å². The van der Waals surface area contributed by atoms with Gasteiger partial charge >= 0.3 is 330 Å². The summed E-state index contributed by atoms with van der Waals surface area (Å²) < 4.78 is 63.2. The minimum atomic E-state index is -2.06. The van der Waals surface area contributed by atoms with Gasteiger partial charge in [0.1, 0.15) is 0 Å². The average Bonchev–Trinajstić information content (AvgIpc) is 3.68. The molecule has 5 heterocycles. The summed E-state index contributed by atoms with van der Waals surface area (Å²) in [4.78, 5) is 25.3. The van der Waals surface area contributed by atoms with Gasteiger partial charge in [-0.2, -0.15) is 0 Å². The summed E-state index contributed by atoms with van der Waals surface area (Å²) in [5, 5.41) is 6.20. The Hall–Kier alpha value is -2.83. The van der Waals surface area contributed by atoms with Crippen LogP contribution in [0.15, 0.2) is 60.8 Å². The number of fused-ring (bicyclic) bond motifs is 3. The standard InChI is InChI=1S/C41H60AsN5O4Si2/c1-41(2,3)51-40(48)46-33-16-17-34(46)24-32(23-33)37-25-38(42(28-49-19-21-52(4,5)6)29-50-20-22-53(7,8)9)47-39(45-37)35(27-44-47)31-15-18-36(43-26-31)30-13-11-10-12-14-30/h10-15,18,25-27,32-34H,16-17,19-24,28-29H2,1-9H3/i10D,11D,12D,13D,14D. The van der Waals surface area contributed by atoms with Crippen LogP contribution in [0.5, 0.6) is 0 Å². The zero-order chi connectivity index (χ0) is 42.3. The monoisotopic (exact) mass is 822 g/mol. The Morgan fingerprint density at radius 1 is 0.906 bits per heavy atom. The molecule has 6 rings (SSSR count). The number of benzene rings is 1. The summed E-state index contributed by atoms with van der Waals surface area (Å²) in [6, 6.07) is 6.30. The molecule has 2 saturated heterocycles. The molecule has 2 bridgehead atoms. The van der Waals surface area contributed by atoms with Crippen molar-refractivity contribution in [1.82, 2.24) is 24.5 Å². The summed E-state index contributed by atoms with van der Waals surface area (Å²) in [5.41, 5.74) is 3.00. The van der Waals surface area contributed by atoms with Crippen molar-refractivity contribution in [3.63, 3.8) is 0 Å². The second-order valence-electron chi connectivity index (χ2n) is 17.9. The van der Waals surface area contributed by atoms with E-state index in [0.29, 0.717) is 16.4 Å². The number of ether oxygens (including phenoxy) is 3. The number of rotatable bonds is 14. The quantitative estimate of drug-likeness (QED) is 0.0930. The van der Waals surface area contributed by atoms with E-state index in [1.54, 1.807) is 12.3 Å². The van der Waals surface area contributed by atoms with Crippen molar-refractivity contribution in [3.05, 3.63) is 66.5 Å². The third-order valence-electron chi connectivity index (χ3n) is 9.87. The molecule has 0 spiro atoms.